The van der Waals surface area contributed by atoms with Crippen LogP contribution in [-0.4, -0.2) is 38.0 Å². The Balaban J connectivity index is 2.42. The average molecular weight is 435 g/mol. The number of esters is 1. The minimum atomic E-state index is -0.677. The molecule has 2 amide bonds. The van der Waals surface area contributed by atoms with Crippen molar-refractivity contribution >= 4 is 29.5 Å². The van der Waals surface area contributed by atoms with Crippen molar-refractivity contribution in [3.8, 4) is 0 Å². The number of carbonyl (C=O) groups excluding carboxylic acids is 3. The van der Waals surface area contributed by atoms with Crippen molar-refractivity contribution in [2.75, 3.05) is 30.5 Å². The fourth-order valence-electron chi connectivity index (χ4n) is 2.72. The summed E-state index contributed by atoms with van der Waals surface area (Å²) in [6, 6.07) is 5.02. The lowest BCUT2D eigenvalue weighted by atomic mass is 9.84. The maximum absolute atomic E-state index is 12.0. The number of rotatable bonds is 12. The van der Waals surface area contributed by atoms with Gasteiger partial charge in [0.2, 0.25) is 0 Å². The van der Waals surface area contributed by atoms with Crippen LogP contribution in [0.5, 0.6) is 0 Å². The van der Waals surface area contributed by atoms with E-state index < -0.39 is 18.2 Å². The Kier molecular flexibility index (Phi) is 11.2. The lowest BCUT2D eigenvalue weighted by Crippen LogP contribution is -2.20. The fraction of sp³-hybridized carbons (Fsp3) is 0.522. The van der Waals surface area contributed by atoms with Gasteiger partial charge < -0.3 is 14.2 Å². The molecule has 1 aromatic carbocycles. The summed E-state index contributed by atoms with van der Waals surface area (Å²) in [5.74, 6) is -0.582. The van der Waals surface area contributed by atoms with Crippen molar-refractivity contribution in [1.29, 1.82) is 0 Å². The zero-order valence-electron chi connectivity index (χ0n) is 18.9. The highest BCUT2D eigenvalue weighted by molar-refractivity contribution is 5.88. The Morgan fingerprint density at radius 1 is 1.00 bits per heavy atom. The summed E-state index contributed by atoms with van der Waals surface area (Å²) >= 11 is 0. The van der Waals surface area contributed by atoms with Crippen LogP contribution in [0.1, 0.15) is 52.0 Å². The maximum atomic E-state index is 12.0. The molecule has 0 aliphatic heterocycles. The monoisotopic (exact) mass is 434 g/mol. The largest absolute Gasteiger partial charge is 0.459 e. The number of hydrogen-bond acceptors (Lipinski definition) is 6. The van der Waals surface area contributed by atoms with Crippen molar-refractivity contribution in [2.45, 2.75) is 53.4 Å². The molecule has 0 saturated heterocycles. The van der Waals surface area contributed by atoms with E-state index in [4.69, 9.17) is 14.2 Å². The summed E-state index contributed by atoms with van der Waals surface area (Å²) < 4.78 is 14.9. The quantitative estimate of drug-likeness (QED) is 0.197. The van der Waals surface area contributed by atoms with E-state index in [1.807, 2.05) is 0 Å². The molecule has 0 aliphatic rings. The second-order valence-corrected chi connectivity index (χ2v) is 7.94. The van der Waals surface area contributed by atoms with E-state index in [-0.39, 0.29) is 18.6 Å². The van der Waals surface area contributed by atoms with Gasteiger partial charge in [0.1, 0.15) is 13.2 Å². The Morgan fingerprint density at radius 2 is 1.65 bits per heavy atom. The molecule has 0 spiro atoms. The molecule has 0 unspecified atom stereocenters. The van der Waals surface area contributed by atoms with E-state index in [0.717, 1.165) is 37.3 Å². The standard InChI is InChI=1S/C23H34N2O6/c1-6-8-11-23(4,5)12-13-30-21(27)24-18-9-10-19(17(3)16-18)25-22(28)31-15-14-29-20(26)7-2/h7,9-10,16H,2,6,8,11-15H2,1,3-5H3,(H,24,27)(H,25,28). The Labute approximate surface area is 184 Å². The second kappa shape index (κ2) is 13.3. The molecule has 172 valence electrons. The van der Waals surface area contributed by atoms with Crippen LogP contribution in [0, 0.1) is 12.3 Å². The molecule has 8 nitrogen and oxygen atoms in total. The molecule has 0 bridgehead atoms. The molecule has 2 N–H and O–H groups in total. The van der Waals surface area contributed by atoms with Crippen LogP contribution in [-0.2, 0) is 19.0 Å². The molecular formula is C23H34N2O6. The van der Waals surface area contributed by atoms with E-state index in [1.165, 1.54) is 0 Å². The van der Waals surface area contributed by atoms with Crippen LogP contribution in [0.4, 0.5) is 21.0 Å². The lowest BCUT2D eigenvalue weighted by molar-refractivity contribution is -0.138. The molecule has 0 heterocycles. The van der Waals surface area contributed by atoms with Gasteiger partial charge in [-0.2, -0.15) is 0 Å². The molecule has 0 aliphatic carbocycles. The molecule has 1 rings (SSSR count). The first-order chi connectivity index (χ1) is 14.7. The van der Waals surface area contributed by atoms with E-state index in [1.54, 1.807) is 25.1 Å². The normalized spacial score (nSPS) is 10.7. The number of benzene rings is 1. The summed E-state index contributed by atoms with van der Waals surface area (Å²) in [5, 5.41) is 5.28. The zero-order valence-corrected chi connectivity index (χ0v) is 18.9. The Morgan fingerprint density at radius 3 is 2.29 bits per heavy atom. The highest BCUT2D eigenvalue weighted by Crippen LogP contribution is 2.27. The van der Waals surface area contributed by atoms with Gasteiger partial charge in [-0.25, -0.2) is 14.4 Å². The maximum Gasteiger partial charge on any atom is 0.411 e. The molecule has 0 fully saturated rings. The SMILES string of the molecule is C=CC(=O)OCCOC(=O)Nc1ccc(NC(=O)OCCC(C)(C)CCCC)cc1C. The molecular weight excluding hydrogens is 400 g/mol. The van der Waals surface area contributed by atoms with Crippen molar-refractivity contribution in [2.24, 2.45) is 5.41 Å². The first-order valence-corrected chi connectivity index (χ1v) is 10.4. The number of ether oxygens (including phenoxy) is 3. The highest BCUT2D eigenvalue weighted by Gasteiger charge is 2.18. The van der Waals surface area contributed by atoms with Gasteiger partial charge in [0.05, 0.1) is 6.61 Å². The van der Waals surface area contributed by atoms with Gasteiger partial charge in [-0.15, -0.1) is 0 Å². The van der Waals surface area contributed by atoms with Crippen LogP contribution in [0.3, 0.4) is 0 Å². The molecule has 8 heteroatoms. The minimum Gasteiger partial charge on any atom is -0.459 e. The Hall–Kier alpha value is -3.03. The third-order valence-electron chi connectivity index (χ3n) is 4.66. The van der Waals surface area contributed by atoms with E-state index >= 15 is 0 Å². The third-order valence-corrected chi connectivity index (χ3v) is 4.66. The smallest absolute Gasteiger partial charge is 0.411 e. The van der Waals surface area contributed by atoms with E-state index in [0.29, 0.717) is 18.0 Å². The third kappa shape index (κ3) is 11.1. The number of hydrogen-bond donors (Lipinski definition) is 2. The molecule has 1 aromatic rings. The summed E-state index contributed by atoms with van der Waals surface area (Å²) in [6.45, 7) is 11.8. The van der Waals surface area contributed by atoms with E-state index in [9.17, 15) is 14.4 Å². The predicted molar refractivity (Wildman–Crippen MR) is 120 cm³/mol. The zero-order chi connectivity index (χ0) is 23.3. The van der Waals surface area contributed by atoms with Crippen molar-refractivity contribution in [1.82, 2.24) is 0 Å². The number of anilines is 2. The van der Waals surface area contributed by atoms with Crippen LogP contribution >= 0.6 is 0 Å². The van der Waals surface area contributed by atoms with Crippen molar-refractivity contribution in [3.05, 3.63) is 36.4 Å². The predicted octanol–water partition coefficient (Wildman–Crippen LogP) is 5.43. The van der Waals surface area contributed by atoms with Crippen molar-refractivity contribution < 1.29 is 28.6 Å². The first kappa shape index (κ1) is 26.0. The number of carbonyl (C=O) groups is 3. The fourth-order valence-corrected chi connectivity index (χ4v) is 2.72. The van der Waals surface area contributed by atoms with Crippen LogP contribution in [0.15, 0.2) is 30.9 Å². The van der Waals surface area contributed by atoms with Gasteiger partial charge in [-0.05, 0) is 48.9 Å². The van der Waals surface area contributed by atoms with E-state index in [2.05, 4.69) is 38.0 Å². The number of amides is 2. The summed E-state index contributed by atoms with van der Waals surface area (Å²) in [5.41, 5.74) is 1.96. The summed E-state index contributed by atoms with van der Waals surface area (Å²) in [7, 11) is 0. The van der Waals surface area contributed by atoms with Crippen LogP contribution < -0.4 is 10.6 Å². The lowest BCUT2D eigenvalue weighted by Gasteiger charge is -2.24. The minimum absolute atomic E-state index is 0.0575. The van der Waals surface area contributed by atoms with Crippen molar-refractivity contribution in [3.63, 3.8) is 0 Å². The molecule has 0 aromatic heterocycles. The van der Waals surface area contributed by atoms with Crippen LogP contribution in [0.25, 0.3) is 0 Å². The first-order valence-electron chi connectivity index (χ1n) is 10.4. The second-order valence-electron chi connectivity index (χ2n) is 7.94. The van der Waals surface area contributed by atoms with Gasteiger partial charge in [0.25, 0.3) is 0 Å². The highest BCUT2D eigenvalue weighted by atomic mass is 16.6. The van der Waals surface area contributed by atoms with Crippen LogP contribution in [0.2, 0.25) is 0 Å². The molecule has 0 atom stereocenters. The van der Waals surface area contributed by atoms with Gasteiger partial charge in [0, 0.05) is 17.5 Å². The number of aryl methyl sites for hydroxylation is 1. The summed E-state index contributed by atoms with van der Waals surface area (Å²) in [4.78, 5) is 34.8. The molecule has 31 heavy (non-hydrogen) atoms. The Bertz CT molecular complexity index is 760. The molecule has 0 radical (unpaired) electrons. The van der Waals surface area contributed by atoms with Gasteiger partial charge in [-0.1, -0.05) is 40.2 Å². The van der Waals surface area contributed by atoms with Gasteiger partial charge in [0.15, 0.2) is 0 Å². The summed E-state index contributed by atoms with van der Waals surface area (Å²) in [6.07, 6.45) is 4.06. The average Bonchev–Trinajstić information content (AvgIpc) is 2.71. The topological polar surface area (TPSA) is 103 Å². The van der Waals surface area contributed by atoms with Gasteiger partial charge >= 0.3 is 18.2 Å². The molecule has 0 saturated carbocycles. The number of unbranched alkanes of at least 4 members (excludes halogenated alkanes) is 1. The number of nitrogens with one attached hydrogen (secondary N) is 2. The van der Waals surface area contributed by atoms with Gasteiger partial charge in [-0.3, -0.25) is 10.6 Å².